The van der Waals surface area contributed by atoms with Crippen molar-refractivity contribution in [2.24, 2.45) is 0 Å². The summed E-state index contributed by atoms with van der Waals surface area (Å²) in [7, 11) is 0. The average Bonchev–Trinajstić information content (AvgIpc) is 3.22. The third kappa shape index (κ3) is 4.05. The van der Waals surface area contributed by atoms with Crippen LogP contribution in [0.3, 0.4) is 0 Å². The van der Waals surface area contributed by atoms with Crippen LogP contribution in [0.25, 0.3) is 5.69 Å². The highest BCUT2D eigenvalue weighted by atomic mass is 32.2. The van der Waals surface area contributed by atoms with Crippen LogP contribution in [0.15, 0.2) is 40.0 Å². The van der Waals surface area contributed by atoms with Crippen LogP contribution in [-0.4, -0.2) is 36.5 Å². The number of hydrogen-bond donors (Lipinski definition) is 1. The van der Waals surface area contributed by atoms with Gasteiger partial charge in [0.2, 0.25) is 11.1 Å². The molecule has 25 heavy (non-hydrogen) atoms. The summed E-state index contributed by atoms with van der Waals surface area (Å²) >= 11 is 1.31. The first-order valence-corrected chi connectivity index (χ1v) is 8.71. The molecule has 2 heterocycles. The number of carbonyl (C=O) groups excluding carboxylic acids is 1. The molecule has 0 bridgehead atoms. The maximum atomic E-state index is 12.5. The van der Waals surface area contributed by atoms with Crippen LogP contribution < -0.4 is 5.32 Å². The summed E-state index contributed by atoms with van der Waals surface area (Å²) in [4.78, 5) is 12.5. The Morgan fingerprint density at radius 2 is 2.08 bits per heavy atom. The topological polar surface area (TPSA) is 98.7 Å². The first-order chi connectivity index (χ1) is 12.1. The van der Waals surface area contributed by atoms with Gasteiger partial charge in [-0.25, -0.2) is 0 Å². The van der Waals surface area contributed by atoms with Gasteiger partial charge in [-0.1, -0.05) is 41.5 Å². The van der Waals surface area contributed by atoms with Gasteiger partial charge >= 0.3 is 0 Å². The largest absolute Gasteiger partial charge is 0.360 e. The van der Waals surface area contributed by atoms with E-state index in [0.717, 1.165) is 11.3 Å². The van der Waals surface area contributed by atoms with Crippen molar-refractivity contribution in [3.63, 3.8) is 0 Å². The van der Waals surface area contributed by atoms with E-state index in [1.807, 2.05) is 38.1 Å². The third-order valence-corrected chi connectivity index (χ3v) is 4.81. The van der Waals surface area contributed by atoms with Crippen molar-refractivity contribution in [1.82, 2.24) is 25.4 Å². The lowest BCUT2D eigenvalue weighted by Crippen LogP contribution is -2.25. The van der Waals surface area contributed by atoms with Gasteiger partial charge in [-0.2, -0.15) is 4.68 Å². The van der Waals surface area contributed by atoms with E-state index in [4.69, 9.17) is 4.52 Å². The molecule has 1 N–H and O–H groups in total. The van der Waals surface area contributed by atoms with E-state index in [0.29, 0.717) is 23.2 Å². The minimum absolute atomic E-state index is 0.167. The molecule has 130 valence electrons. The number of amides is 1. The number of carbonyl (C=O) groups is 1. The fourth-order valence-corrected chi connectivity index (χ4v) is 3.09. The molecule has 1 aromatic carbocycles. The highest BCUT2D eigenvalue weighted by molar-refractivity contribution is 8.00. The Kier molecular flexibility index (Phi) is 5.13. The highest BCUT2D eigenvalue weighted by Crippen LogP contribution is 2.26. The zero-order valence-corrected chi connectivity index (χ0v) is 14.9. The molecule has 0 saturated carbocycles. The van der Waals surface area contributed by atoms with Crippen LogP contribution in [-0.2, 0) is 4.79 Å². The lowest BCUT2D eigenvalue weighted by Gasteiger charge is -2.13. The second kappa shape index (κ2) is 7.47. The summed E-state index contributed by atoms with van der Waals surface area (Å²) in [6.07, 6.45) is 0.619. The van der Waals surface area contributed by atoms with Crippen molar-refractivity contribution >= 4 is 23.5 Å². The fraction of sp³-hybridized carbons (Fsp3) is 0.312. The van der Waals surface area contributed by atoms with Gasteiger partial charge in [0.05, 0.1) is 10.9 Å². The van der Waals surface area contributed by atoms with E-state index in [1.54, 1.807) is 17.7 Å². The maximum Gasteiger partial charge on any atom is 0.239 e. The van der Waals surface area contributed by atoms with Crippen molar-refractivity contribution in [3.05, 3.63) is 41.7 Å². The lowest BCUT2D eigenvalue weighted by molar-refractivity contribution is -0.115. The molecule has 9 heteroatoms. The Bertz CT molecular complexity index is 858. The Morgan fingerprint density at radius 3 is 2.72 bits per heavy atom. The lowest BCUT2D eigenvalue weighted by atomic mass is 10.2. The normalized spacial score (nSPS) is 12.1. The minimum Gasteiger partial charge on any atom is -0.360 e. The molecule has 0 spiro atoms. The van der Waals surface area contributed by atoms with E-state index in [-0.39, 0.29) is 11.2 Å². The van der Waals surface area contributed by atoms with Gasteiger partial charge in [-0.15, -0.1) is 5.10 Å². The number of benzene rings is 1. The van der Waals surface area contributed by atoms with Crippen LogP contribution in [0.4, 0.5) is 5.82 Å². The van der Waals surface area contributed by atoms with Crippen LogP contribution in [0.5, 0.6) is 0 Å². The number of nitrogens with one attached hydrogen (secondary N) is 1. The van der Waals surface area contributed by atoms with Gasteiger partial charge in [0, 0.05) is 6.07 Å². The zero-order chi connectivity index (χ0) is 17.8. The number of aromatic nitrogens is 5. The quantitative estimate of drug-likeness (QED) is 0.676. The minimum atomic E-state index is -0.354. The molecule has 0 aliphatic carbocycles. The maximum absolute atomic E-state index is 12.5. The Balaban J connectivity index is 1.75. The molecular formula is C16H18N6O2S. The monoisotopic (exact) mass is 358 g/mol. The number of hydrogen-bond acceptors (Lipinski definition) is 7. The highest BCUT2D eigenvalue weighted by Gasteiger charge is 2.23. The second-order valence-corrected chi connectivity index (χ2v) is 6.71. The number of anilines is 1. The van der Waals surface area contributed by atoms with Gasteiger partial charge < -0.3 is 9.84 Å². The smallest absolute Gasteiger partial charge is 0.239 e. The predicted octanol–water partition coefficient (Wildman–Crippen LogP) is 2.78. The van der Waals surface area contributed by atoms with E-state index in [9.17, 15) is 4.79 Å². The molecule has 0 fully saturated rings. The third-order valence-electron chi connectivity index (χ3n) is 3.51. The molecule has 8 nitrogen and oxygen atoms in total. The van der Waals surface area contributed by atoms with Crippen LogP contribution in [0, 0.1) is 13.8 Å². The Labute approximate surface area is 149 Å². The Hall–Kier alpha value is -2.68. The van der Waals surface area contributed by atoms with Crippen molar-refractivity contribution in [2.45, 2.75) is 37.6 Å². The molecule has 1 atom stereocenters. The summed E-state index contributed by atoms with van der Waals surface area (Å²) < 4.78 is 6.59. The van der Waals surface area contributed by atoms with Gasteiger partial charge in [0.15, 0.2) is 5.82 Å². The molecule has 3 rings (SSSR count). The number of rotatable bonds is 6. The van der Waals surface area contributed by atoms with E-state index in [1.165, 1.54) is 11.8 Å². The molecule has 0 aliphatic rings. The molecule has 0 radical (unpaired) electrons. The fourth-order valence-electron chi connectivity index (χ4n) is 2.18. The van der Waals surface area contributed by atoms with Crippen LogP contribution in [0.1, 0.15) is 24.7 Å². The second-order valence-electron chi connectivity index (χ2n) is 5.54. The average molecular weight is 358 g/mol. The zero-order valence-electron chi connectivity index (χ0n) is 14.1. The number of thioether (sulfide) groups is 1. The van der Waals surface area contributed by atoms with E-state index in [2.05, 4.69) is 26.0 Å². The van der Waals surface area contributed by atoms with Gasteiger partial charge in [-0.05, 0) is 42.8 Å². The molecule has 0 aliphatic heterocycles. The summed E-state index contributed by atoms with van der Waals surface area (Å²) in [6.45, 7) is 5.72. The van der Waals surface area contributed by atoms with Crippen LogP contribution in [0.2, 0.25) is 0 Å². The van der Waals surface area contributed by atoms with Gasteiger partial charge in [-0.3, -0.25) is 4.79 Å². The predicted molar refractivity (Wildman–Crippen MR) is 93.7 cm³/mol. The number of nitrogens with zero attached hydrogens (tertiary/aromatic N) is 5. The molecule has 1 amide bonds. The SMILES string of the molecule is CC[C@H](Sc1nnnn1-c1ccc(C)cc1)C(=O)Nc1cc(C)on1. The molecule has 0 saturated heterocycles. The molecule has 0 unspecified atom stereocenters. The summed E-state index contributed by atoms with van der Waals surface area (Å²) in [5.74, 6) is 0.873. The van der Waals surface area contributed by atoms with E-state index >= 15 is 0 Å². The summed E-state index contributed by atoms with van der Waals surface area (Å²) in [6, 6.07) is 9.53. The van der Waals surface area contributed by atoms with Crippen molar-refractivity contribution < 1.29 is 9.32 Å². The van der Waals surface area contributed by atoms with Crippen molar-refractivity contribution in [1.29, 1.82) is 0 Å². The molecule has 2 aromatic heterocycles. The summed E-state index contributed by atoms with van der Waals surface area (Å²) in [5, 5.41) is 18.5. The van der Waals surface area contributed by atoms with Crippen molar-refractivity contribution in [2.75, 3.05) is 5.32 Å². The van der Waals surface area contributed by atoms with Crippen LogP contribution >= 0.6 is 11.8 Å². The Morgan fingerprint density at radius 1 is 1.32 bits per heavy atom. The van der Waals surface area contributed by atoms with Gasteiger partial charge in [0.1, 0.15) is 5.76 Å². The summed E-state index contributed by atoms with van der Waals surface area (Å²) in [5.41, 5.74) is 2.00. The molecular weight excluding hydrogens is 340 g/mol. The molecule has 3 aromatic rings. The van der Waals surface area contributed by atoms with Gasteiger partial charge in [0.25, 0.3) is 0 Å². The number of aryl methyl sites for hydroxylation is 2. The first kappa shape index (κ1) is 17.2. The number of tetrazole rings is 1. The van der Waals surface area contributed by atoms with Crippen molar-refractivity contribution in [3.8, 4) is 5.69 Å². The first-order valence-electron chi connectivity index (χ1n) is 7.83. The standard InChI is InChI=1S/C16H18N6O2S/c1-4-13(15(23)17-14-9-11(3)24-19-14)25-16-18-20-21-22(16)12-7-5-10(2)6-8-12/h5-9,13H,4H2,1-3H3,(H,17,19,23)/t13-/m0/s1. The van der Waals surface area contributed by atoms with E-state index < -0.39 is 0 Å².